The molecule has 0 saturated carbocycles. The fourth-order valence-corrected chi connectivity index (χ4v) is 4.59. The third kappa shape index (κ3) is 40.5. The highest BCUT2D eigenvalue weighted by Gasteiger charge is 2.13. The largest absolute Gasteiger partial charge is 0.379 e. The van der Waals surface area contributed by atoms with Crippen LogP contribution < -0.4 is 0 Å². The van der Waals surface area contributed by atoms with Gasteiger partial charge < -0.3 is 66.3 Å². The van der Waals surface area contributed by atoms with E-state index in [1.54, 1.807) is 0 Å². The maximum absolute atomic E-state index is 5.61. The first-order valence-electron chi connectivity index (χ1n) is 19.6. The Hall–Kier alpha value is -0.560. The molecule has 1 heterocycles. The molecule has 1 aliphatic rings. The van der Waals surface area contributed by atoms with E-state index in [4.69, 9.17) is 66.3 Å². The van der Waals surface area contributed by atoms with E-state index in [1.807, 2.05) is 0 Å². The third-order valence-corrected chi connectivity index (χ3v) is 7.40. The summed E-state index contributed by atoms with van der Waals surface area (Å²) in [6.45, 7) is 16.7. The molecule has 1 fully saturated rings. The number of unbranched alkanes of at least 4 members (excludes halogenated alkanes) is 5. The van der Waals surface area contributed by atoms with Crippen molar-refractivity contribution in [1.29, 1.82) is 0 Å². The van der Waals surface area contributed by atoms with Gasteiger partial charge in [0.1, 0.15) is 0 Å². The van der Waals surface area contributed by atoms with Crippen molar-refractivity contribution in [3.63, 3.8) is 0 Å². The van der Waals surface area contributed by atoms with Crippen molar-refractivity contribution in [3.8, 4) is 0 Å². The molecule has 14 heteroatoms. The molecule has 0 amide bonds. The number of ether oxygens (including phenoxy) is 14. The number of rotatable bonds is 44. The Morgan fingerprint density at radius 1 is 0.333 bits per heavy atom. The molecule has 306 valence electrons. The molecule has 1 atom stereocenters. The molecule has 1 aliphatic heterocycles. The van der Waals surface area contributed by atoms with Gasteiger partial charge in [-0.25, -0.2) is 0 Å². The van der Waals surface area contributed by atoms with Crippen LogP contribution in [0.3, 0.4) is 0 Å². The van der Waals surface area contributed by atoms with Crippen LogP contribution in [0.4, 0.5) is 0 Å². The molecule has 14 nitrogen and oxygen atoms in total. The van der Waals surface area contributed by atoms with E-state index in [9.17, 15) is 0 Å². The number of hydrogen-bond acceptors (Lipinski definition) is 14. The molecule has 0 spiro atoms. The lowest BCUT2D eigenvalue weighted by atomic mass is 10.1. The van der Waals surface area contributed by atoms with Gasteiger partial charge in [0.05, 0.1) is 159 Å². The Morgan fingerprint density at radius 2 is 0.627 bits per heavy atom. The summed E-state index contributed by atoms with van der Waals surface area (Å²) in [4.78, 5) is 0. The molecule has 1 unspecified atom stereocenters. The normalized spacial score (nSPS) is 14.9. The second kappa shape index (κ2) is 43.8. The van der Waals surface area contributed by atoms with Gasteiger partial charge in [0.15, 0.2) is 6.29 Å². The Balaban J connectivity index is 1.59. The van der Waals surface area contributed by atoms with Gasteiger partial charge in [-0.3, -0.25) is 0 Å². The molecule has 51 heavy (non-hydrogen) atoms. The summed E-state index contributed by atoms with van der Waals surface area (Å²) >= 11 is 0. The second-order valence-electron chi connectivity index (χ2n) is 11.8. The molecule has 0 radical (unpaired) electrons. The highest BCUT2D eigenvalue weighted by molar-refractivity contribution is 4.53. The topological polar surface area (TPSA) is 129 Å². The molecular weight excluding hydrogens is 668 g/mol. The quantitative estimate of drug-likeness (QED) is 0.0832. The minimum Gasteiger partial charge on any atom is -0.379 e. The van der Waals surface area contributed by atoms with Crippen molar-refractivity contribution in [2.45, 2.75) is 71.0 Å². The van der Waals surface area contributed by atoms with E-state index >= 15 is 0 Å². The van der Waals surface area contributed by atoms with Gasteiger partial charge in [0.25, 0.3) is 0 Å². The van der Waals surface area contributed by atoms with Crippen LogP contribution in [0, 0.1) is 0 Å². The molecule has 0 aliphatic carbocycles. The van der Waals surface area contributed by atoms with E-state index < -0.39 is 0 Å². The average Bonchev–Trinajstić information content (AvgIpc) is 3.15. The van der Waals surface area contributed by atoms with Gasteiger partial charge >= 0.3 is 0 Å². The van der Waals surface area contributed by atoms with Gasteiger partial charge in [-0.15, -0.1) is 0 Å². The smallest absolute Gasteiger partial charge is 0.157 e. The Kier molecular flexibility index (Phi) is 41.7. The van der Waals surface area contributed by atoms with E-state index in [2.05, 4.69) is 6.92 Å². The summed E-state index contributed by atoms with van der Waals surface area (Å²) in [6.07, 6.45) is 10.9. The van der Waals surface area contributed by atoms with Crippen molar-refractivity contribution in [3.05, 3.63) is 0 Å². The summed E-state index contributed by atoms with van der Waals surface area (Å²) < 4.78 is 77.2. The lowest BCUT2D eigenvalue weighted by molar-refractivity contribution is -0.169. The summed E-state index contributed by atoms with van der Waals surface area (Å²) in [7, 11) is 0. The Labute approximate surface area is 308 Å². The van der Waals surface area contributed by atoms with Gasteiger partial charge in [-0.05, 0) is 25.7 Å². The van der Waals surface area contributed by atoms with Crippen LogP contribution in [0.5, 0.6) is 0 Å². The summed E-state index contributed by atoms with van der Waals surface area (Å²) in [5.74, 6) is 0. The molecule has 1 rings (SSSR count). The first-order chi connectivity index (χ1) is 25.4. The molecule has 0 bridgehead atoms. The minimum atomic E-state index is -0.0656. The first kappa shape index (κ1) is 48.5. The van der Waals surface area contributed by atoms with Crippen LogP contribution >= 0.6 is 0 Å². The van der Waals surface area contributed by atoms with Crippen LogP contribution in [-0.4, -0.2) is 178 Å². The fourth-order valence-electron chi connectivity index (χ4n) is 4.59. The lowest BCUT2D eigenvalue weighted by Crippen LogP contribution is -2.24. The van der Waals surface area contributed by atoms with Crippen molar-refractivity contribution in [2.75, 3.05) is 172 Å². The fraction of sp³-hybridized carbons (Fsp3) is 1.00. The summed E-state index contributed by atoms with van der Waals surface area (Å²) in [5, 5.41) is 0. The predicted molar refractivity (Wildman–Crippen MR) is 193 cm³/mol. The third-order valence-electron chi connectivity index (χ3n) is 7.40. The molecular formula is C37H74O14. The zero-order valence-corrected chi connectivity index (χ0v) is 32.0. The van der Waals surface area contributed by atoms with Crippen molar-refractivity contribution in [1.82, 2.24) is 0 Å². The monoisotopic (exact) mass is 743 g/mol. The van der Waals surface area contributed by atoms with Crippen molar-refractivity contribution < 1.29 is 66.3 Å². The minimum absolute atomic E-state index is 0.0656. The summed E-state index contributed by atoms with van der Waals surface area (Å²) in [6, 6.07) is 0. The first-order valence-corrected chi connectivity index (χ1v) is 19.6. The van der Waals surface area contributed by atoms with Crippen LogP contribution in [0.1, 0.15) is 64.7 Å². The van der Waals surface area contributed by atoms with Gasteiger partial charge in [-0.1, -0.05) is 39.0 Å². The van der Waals surface area contributed by atoms with Crippen LogP contribution in [0.25, 0.3) is 0 Å². The molecule has 1 saturated heterocycles. The predicted octanol–water partition coefficient (Wildman–Crippen LogP) is 4.09. The second-order valence-corrected chi connectivity index (χ2v) is 11.8. The molecule has 0 aromatic heterocycles. The lowest BCUT2D eigenvalue weighted by Gasteiger charge is -2.22. The highest BCUT2D eigenvalue weighted by Crippen LogP contribution is 2.13. The zero-order chi connectivity index (χ0) is 36.2. The van der Waals surface area contributed by atoms with E-state index in [0.717, 1.165) is 32.5 Å². The maximum atomic E-state index is 5.61. The SMILES string of the molecule is CCCCCCCCOCCOCCOCCOCCOCCOCCOCCOCCOCCOCCOCCOCCOC1CCCCO1. The van der Waals surface area contributed by atoms with Gasteiger partial charge in [-0.2, -0.15) is 0 Å². The summed E-state index contributed by atoms with van der Waals surface area (Å²) in [5.41, 5.74) is 0. The standard InChI is InChI=1S/C37H74O14/c1-2-3-4-5-6-8-11-38-13-14-39-15-16-40-17-18-41-19-20-42-21-22-43-23-24-44-25-26-45-27-28-46-29-30-47-31-32-48-33-34-49-35-36-51-37-10-7-9-12-50-37/h37H,2-36H2,1H3. The Bertz CT molecular complexity index is 630. The highest BCUT2D eigenvalue weighted by atomic mass is 16.7. The Morgan fingerprint density at radius 3 is 0.941 bits per heavy atom. The van der Waals surface area contributed by atoms with Crippen LogP contribution in [0.15, 0.2) is 0 Å². The number of hydrogen-bond donors (Lipinski definition) is 0. The molecule has 0 aromatic carbocycles. The van der Waals surface area contributed by atoms with E-state index in [-0.39, 0.29) is 6.29 Å². The van der Waals surface area contributed by atoms with E-state index in [1.165, 1.54) is 38.5 Å². The van der Waals surface area contributed by atoms with Gasteiger partial charge in [0, 0.05) is 13.2 Å². The molecule has 0 aromatic rings. The van der Waals surface area contributed by atoms with E-state index in [0.29, 0.717) is 159 Å². The van der Waals surface area contributed by atoms with Crippen molar-refractivity contribution >= 4 is 0 Å². The molecule has 0 N–H and O–H groups in total. The van der Waals surface area contributed by atoms with Crippen molar-refractivity contribution in [2.24, 2.45) is 0 Å². The zero-order valence-electron chi connectivity index (χ0n) is 32.0. The van der Waals surface area contributed by atoms with Gasteiger partial charge in [0.2, 0.25) is 0 Å². The maximum Gasteiger partial charge on any atom is 0.157 e. The van der Waals surface area contributed by atoms with Crippen LogP contribution in [-0.2, 0) is 66.3 Å². The van der Waals surface area contributed by atoms with Crippen LogP contribution in [0.2, 0.25) is 0 Å². The average molecular weight is 743 g/mol.